The first-order valence-electron chi connectivity index (χ1n) is 6.02. The number of aromatic nitrogens is 1. The molecule has 0 aliphatic rings. The van der Waals surface area contributed by atoms with E-state index in [2.05, 4.69) is 57.3 Å². The van der Waals surface area contributed by atoms with E-state index in [-0.39, 0.29) is 0 Å². The van der Waals surface area contributed by atoms with Crippen molar-refractivity contribution >= 4 is 15.9 Å². The molecular formula is C17H14BrN. The average molecular weight is 312 g/mol. The Morgan fingerprint density at radius 1 is 0.632 bits per heavy atom. The summed E-state index contributed by atoms with van der Waals surface area (Å²) in [6.07, 6.45) is 3.50. The molecule has 3 aromatic rings. The van der Waals surface area contributed by atoms with Crippen LogP contribution in [0.2, 0.25) is 0 Å². The summed E-state index contributed by atoms with van der Waals surface area (Å²) in [5.41, 5.74) is 2.50. The predicted octanol–water partition coefficient (Wildman–Crippen LogP) is 5.20. The lowest BCUT2D eigenvalue weighted by molar-refractivity contribution is 1.33. The molecule has 0 fully saturated rings. The Morgan fingerprint density at radius 2 is 1.26 bits per heavy atom. The first kappa shape index (κ1) is 13.5. The van der Waals surface area contributed by atoms with Gasteiger partial charge in [0.2, 0.25) is 0 Å². The second kappa shape index (κ2) is 7.49. The van der Waals surface area contributed by atoms with E-state index in [4.69, 9.17) is 0 Å². The van der Waals surface area contributed by atoms with Crippen LogP contribution < -0.4 is 0 Å². The van der Waals surface area contributed by atoms with Gasteiger partial charge in [-0.2, -0.15) is 0 Å². The van der Waals surface area contributed by atoms with Gasteiger partial charge in [-0.3, -0.25) is 4.98 Å². The summed E-state index contributed by atoms with van der Waals surface area (Å²) in [6.45, 7) is 0. The maximum atomic E-state index is 3.78. The van der Waals surface area contributed by atoms with Crippen molar-refractivity contribution in [3.63, 3.8) is 0 Å². The molecule has 1 heterocycles. The summed E-state index contributed by atoms with van der Waals surface area (Å²) in [5.74, 6) is 0. The molecule has 0 atom stereocenters. The lowest BCUT2D eigenvalue weighted by Gasteiger charge is -2.00. The second-order valence-corrected chi connectivity index (χ2v) is 4.82. The van der Waals surface area contributed by atoms with Crippen molar-refractivity contribution < 1.29 is 0 Å². The third kappa shape index (κ3) is 4.68. The predicted molar refractivity (Wildman–Crippen MR) is 83.8 cm³/mol. The quantitative estimate of drug-likeness (QED) is 0.602. The van der Waals surface area contributed by atoms with Gasteiger partial charge in [0.1, 0.15) is 0 Å². The van der Waals surface area contributed by atoms with Gasteiger partial charge in [-0.1, -0.05) is 64.5 Å². The number of pyridine rings is 1. The number of rotatable bonds is 1. The molecule has 0 unspecified atom stereocenters. The van der Waals surface area contributed by atoms with E-state index in [1.54, 1.807) is 12.4 Å². The highest BCUT2D eigenvalue weighted by Crippen LogP contribution is 2.22. The molecule has 0 amide bonds. The molecule has 0 saturated heterocycles. The zero-order valence-corrected chi connectivity index (χ0v) is 12.0. The first-order valence-corrected chi connectivity index (χ1v) is 6.81. The molecule has 0 aliphatic heterocycles. The summed E-state index contributed by atoms with van der Waals surface area (Å²) in [4.78, 5) is 3.78. The molecule has 2 heteroatoms. The Balaban J connectivity index is 0.000000186. The molecule has 1 aromatic heterocycles. The van der Waals surface area contributed by atoms with Gasteiger partial charge in [0, 0.05) is 16.9 Å². The molecule has 1 nitrogen and oxygen atoms in total. The van der Waals surface area contributed by atoms with Crippen molar-refractivity contribution in [1.82, 2.24) is 4.98 Å². The first-order chi connectivity index (χ1) is 9.36. The molecule has 0 radical (unpaired) electrons. The van der Waals surface area contributed by atoms with E-state index < -0.39 is 0 Å². The molecule has 0 saturated carbocycles. The second-order valence-electron chi connectivity index (χ2n) is 3.90. The molecule has 0 N–H and O–H groups in total. The number of halogens is 1. The molecule has 2 aromatic carbocycles. The topological polar surface area (TPSA) is 12.9 Å². The van der Waals surface area contributed by atoms with Crippen LogP contribution in [0.3, 0.4) is 0 Å². The lowest BCUT2D eigenvalue weighted by atomic mass is 10.1. The van der Waals surface area contributed by atoms with E-state index in [0.29, 0.717) is 0 Å². The molecular weight excluding hydrogens is 298 g/mol. The Hall–Kier alpha value is -1.93. The van der Waals surface area contributed by atoms with Gasteiger partial charge in [0.15, 0.2) is 0 Å². The van der Waals surface area contributed by atoms with Crippen LogP contribution in [-0.4, -0.2) is 4.98 Å². The zero-order valence-electron chi connectivity index (χ0n) is 10.4. The third-order valence-electron chi connectivity index (χ3n) is 2.50. The van der Waals surface area contributed by atoms with Gasteiger partial charge in [-0.15, -0.1) is 0 Å². The number of nitrogens with zero attached hydrogens (tertiary/aromatic N) is 1. The standard InChI is InChI=1S/C12H9Br.C5H5N/c13-12-8-4-7-11(9-12)10-5-2-1-3-6-10;1-2-4-6-5-3-1/h1-9H;1-5H. The van der Waals surface area contributed by atoms with E-state index in [1.165, 1.54) is 11.1 Å². The Kier molecular flexibility index (Phi) is 5.32. The normalized spacial score (nSPS) is 9.32. The molecule has 19 heavy (non-hydrogen) atoms. The third-order valence-corrected chi connectivity index (χ3v) is 2.99. The van der Waals surface area contributed by atoms with Crippen molar-refractivity contribution in [2.24, 2.45) is 0 Å². The van der Waals surface area contributed by atoms with Crippen LogP contribution in [0.25, 0.3) is 11.1 Å². The monoisotopic (exact) mass is 311 g/mol. The van der Waals surface area contributed by atoms with Crippen LogP contribution in [0.5, 0.6) is 0 Å². The van der Waals surface area contributed by atoms with Gasteiger partial charge in [-0.05, 0) is 35.4 Å². The van der Waals surface area contributed by atoms with Crippen molar-refractivity contribution in [3.8, 4) is 11.1 Å². The van der Waals surface area contributed by atoms with Gasteiger partial charge < -0.3 is 0 Å². The zero-order chi connectivity index (χ0) is 13.3. The minimum atomic E-state index is 1.12. The SMILES string of the molecule is Brc1cccc(-c2ccccc2)c1.c1ccncc1. The highest BCUT2D eigenvalue weighted by Gasteiger charge is 1.95. The minimum absolute atomic E-state index is 1.12. The molecule has 3 rings (SSSR count). The minimum Gasteiger partial charge on any atom is -0.265 e. The summed E-state index contributed by atoms with van der Waals surface area (Å²) >= 11 is 3.46. The number of hydrogen-bond acceptors (Lipinski definition) is 1. The van der Waals surface area contributed by atoms with Crippen LogP contribution in [0.15, 0.2) is 89.7 Å². The van der Waals surface area contributed by atoms with Gasteiger partial charge in [-0.25, -0.2) is 0 Å². The maximum absolute atomic E-state index is 3.78. The highest BCUT2D eigenvalue weighted by atomic mass is 79.9. The van der Waals surface area contributed by atoms with Crippen molar-refractivity contribution in [1.29, 1.82) is 0 Å². The van der Waals surface area contributed by atoms with Crippen molar-refractivity contribution in [2.75, 3.05) is 0 Å². The Bertz CT molecular complexity index is 567. The van der Waals surface area contributed by atoms with Crippen molar-refractivity contribution in [2.45, 2.75) is 0 Å². The largest absolute Gasteiger partial charge is 0.265 e. The number of hydrogen-bond donors (Lipinski definition) is 0. The fourth-order valence-electron chi connectivity index (χ4n) is 1.61. The Labute approximate surface area is 122 Å². The summed E-state index contributed by atoms with van der Waals surface area (Å²) in [5, 5.41) is 0. The van der Waals surface area contributed by atoms with E-state index in [0.717, 1.165) is 4.47 Å². The lowest BCUT2D eigenvalue weighted by Crippen LogP contribution is -1.75. The average Bonchev–Trinajstić information content (AvgIpc) is 2.51. The summed E-state index contributed by atoms with van der Waals surface area (Å²) in [7, 11) is 0. The number of benzene rings is 2. The molecule has 0 aliphatic carbocycles. The summed E-state index contributed by atoms with van der Waals surface area (Å²) in [6, 6.07) is 24.4. The van der Waals surface area contributed by atoms with Crippen LogP contribution in [0, 0.1) is 0 Å². The van der Waals surface area contributed by atoms with Crippen LogP contribution in [0.4, 0.5) is 0 Å². The van der Waals surface area contributed by atoms with Crippen molar-refractivity contribution in [3.05, 3.63) is 89.7 Å². The molecule has 0 bridgehead atoms. The van der Waals surface area contributed by atoms with Gasteiger partial charge in [0.05, 0.1) is 0 Å². The van der Waals surface area contributed by atoms with E-state index in [1.807, 2.05) is 36.4 Å². The molecule has 0 spiro atoms. The highest BCUT2D eigenvalue weighted by molar-refractivity contribution is 9.10. The molecule has 94 valence electrons. The van der Waals surface area contributed by atoms with Crippen LogP contribution >= 0.6 is 15.9 Å². The van der Waals surface area contributed by atoms with Gasteiger partial charge >= 0.3 is 0 Å². The fourth-order valence-corrected chi connectivity index (χ4v) is 2.01. The van der Waals surface area contributed by atoms with E-state index in [9.17, 15) is 0 Å². The van der Waals surface area contributed by atoms with Gasteiger partial charge in [0.25, 0.3) is 0 Å². The smallest absolute Gasteiger partial charge is 0.0267 e. The summed E-state index contributed by atoms with van der Waals surface area (Å²) < 4.78 is 1.12. The maximum Gasteiger partial charge on any atom is 0.0267 e. The fraction of sp³-hybridized carbons (Fsp3) is 0. The van der Waals surface area contributed by atoms with E-state index >= 15 is 0 Å². The van der Waals surface area contributed by atoms with Crippen LogP contribution in [0.1, 0.15) is 0 Å². The Morgan fingerprint density at radius 3 is 1.79 bits per heavy atom. The van der Waals surface area contributed by atoms with Crippen LogP contribution in [-0.2, 0) is 0 Å².